The highest BCUT2D eigenvalue weighted by Crippen LogP contribution is 2.32. The summed E-state index contributed by atoms with van der Waals surface area (Å²) in [5.41, 5.74) is 7.41. The minimum absolute atomic E-state index is 0.0782. The van der Waals surface area contributed by atoms with E-state index in [0.717, 1.165) is 16.7 Å². The van der Waals surface area contributed by atoms with Gasteiger partial charge in [0, 0.05) is 11.9 Å². The van der Waals surface area contributed by atoms with E-state index in [1.165, 1.54) is 0 Å². The van der Waals surface area contributed by atoms with Crippen LogP contribution in [0.3, 0.4) is 0 Å². The molecule has 0 radical (unpaired) electrons. The van der Waals surface area contributed by atoms with E-state index < -0.39 is 0 Å². The van der Waals surface area contributed by atoms with Crippen LogP contribution >= 0.6 is 12.2 Å². The molecule has 0 atom stereocenters. The average Bonchev–Trinajstić information content (AvgIpc) is 3.31. The van der Waals surface area contributed by atoms with Gasteiger partial charge >= 0.3 is 0 Å². The predicted molar refractivity (Wildman–Crippen MR) is 101 cm³/mol. The number of aromatic nitrogens is 1. The molecule has 1 amide bonds. The quantitative estimate of drug-likeness (QED) is 0.463. The number of carbonyl (C=O) groups excluding carboxylic acids is 1. The summed E-state index contributed by atoms with van der Waals surface area (Å²) in [4.78, 5) is 12.1. The Kier molecular flexibility index (Phi) is 4.75. The zero-order valence-electron chi connectivity index (χ0n) is 14.2. The fraction of sp³-hybridized carbons (Fsp3) is 0.167. The zero-order valence-corrected chi connectivity index (χ0v) is 15.0. The molecular formula is C18H16N4O4S. The molecule has 1 aromatic heterocycles. The van der Waals surface area contributed by atoms with Crippen LogP contribution in [0.2, 0.25) is 0 Å². The fourth-order valence-corrected chi connectivity index (χ4v) is 2.79. The first-order valence-electron chi connectivity index (χ1n) is 8.23. The van der Waals surface area contributed by atoms with Crippen LogP contribution in [-0.4, -0.2) is 23.0 Å². The first-order chi connectivity index (χ1) is 13.2. The molecule has 0 unspecified atom stereocenters. The van der Waals surface area contributed by atoms with Gasteiger partial charge in [-0.3, -0.25) is 15.6 Å². The number of nitrogens with zero attached hydrogens (tertiary/aromatic N) is 1. The van der Waals surface area contributed by atoms with Crippen LogP contribution in [0.25, 0.3) is 11.0 Å². The summed E-state index contributed by atoms with van der Waals surface area (Å²) in [7, 11) is 0. The number of nitrogens with one attached hydrogen (secondary N) is 3. The minimum atomic E-state index is -0.277. The van der Waals surface area contributed by atoms with Gasteiger partial charge in [0.2, 0.25) is 12.7 Å². The lowest BCUT2D eigenvalue weighted by Gasteiger charge is -2.11. The number of hydrazine groups is 1. The van der Waals surface area contributed by atoms with Crippen molar-refractivity contribution in [2.75, 3.05) is 6.79 Å². The van der Waals surface area contributed by atoms with E-state index in [1.807, 2.05) is 36.4 Å². The van der Waals surface area contributed by atoms with Gasteiger partial charge in [0.25, 0.3) is 0 Å². The van der Waals surface area contributed by atoms with Crippen LogP contribution in [-0.2, 0) is 17.8 Å². The summed E-state index contributed by atoms with van der Waals surface area (Å²) in [6.07, 6.45) is 0.0782. The smallest absolute Gasteiger partial charge is 0.244 e. The molecule has 0 saturated carbocycles. The van der Waals surface area contributed by atoms with Gasteiger partial charge < -0.3 is 19.3 Å². The Labute approximate surface area is 159 Å². The Morgan fingerprint density at radius 3 is 2.89 bits per heavy atom. The van der Waals surface area contributed by atoms with E-state index >= 15 is 0 Å². The molecule has 0 spiro atoms. The van der Waals surface area contributed by atoms with Crippen molar-refractivity contribution >= 4 is 34.2 Å². The van der Waals surface area contributed by atoms with E-state index in [9.17, 15) is 4.79 Å². The van der Waals surface area contributed by atoms with Gasteiger partial charge in [0.15, 0.2) is 22.2 Å². The Hall–Kier alpha value is -3.33. The Morgan fingerprint density at radius 1 is 1.11 bits per heavy atom. The first-order valence-corrected chi connectivity index (χ1v) is 8.64. The molecule has 1 aliphatic heterocycles. The van der Waals surface area contributed by atoms with Crippen molar-refractivity contribution in [3.63, 3.8) is 0 Å². The largest absolute Gasteiger partial charge is 0.454 e. The number of thiocarbonyl (C=S) groups is 1. The van der Waals surface area contributed by atoms with Crippen molar-refractivity contribution in [1.29, 1.82) is 0 Å². The first kappa shape index (κ1) is 17.1. The molecule has 27 heavy (non-hydrogen) atoms. The maximum Gasteiger partial charge on any atom is 0.244 e. The van der Waals surface area contributed by atoms with Crippen molar-refractivity contribution in [1.82, 2.24) is 21.3 Å². The Morgan fingerprint density at radius 2 is 1.96 bits per heavy atom. The van der Waals surface area contributed by atoms with Crippen LogP contribution in [0.4, 0.5) is 0 Å². The van der Waals surface area contributed by atoms with E-state index in [2.05, 4.69) is 21.3 Å². The van der Waals surface area contributed by atoms with Gasteiger partial charge in [-0.1, -0.05) is 23.4 Å². The minimum Gasteiger partial charge on any atom is -0.454 e. The highest BCUT2D eigenvalue weighted by Gasteiger charge is 2.14. The third-order valence-corrected chi connectivity index (χ3v) is 4.23. The number of amides is 1. The summed E-state index contributed by atoms with van der Waals surface area (Å²) in [5, 5.41) is 8.05. The number of benzene rings is 2. The molecule has 2 heterocycles. The van der Waals surface area contributed by atoms with Gasteiger partial charge in [-0.2, -0.15) is 0 Å². The Balaban J connectivity index is 1.24. The molecular weight excluding hydrogens is 368 g/mol. The van der Waals surface area contributed by atoms with Gasteiger partial charge in [0.1, 0.15) is 5.69 Å². The highest BCUT2D eigenvalue weighted by molar-refractivity contribution is 7.80. The molecule has 3 aromatic rings. The number of hydrogen-bond acceptors (Lipinski definition) is 6. The number of para-hydroxylation sites is 1. The summed E-state index contributed by atoms with van der Waals surface area (Å²) >= 11 is 5.17. The molecule has 3 N–H and O–H groups in total. The zero-order chi connectivity index (χ0) is 18.6. The Bertz CT molecular complexity index is 1000. The molecule has 0 saturated heterocycles. The summed E-state index contributed by atoms with van der Waals surface area (Å²) < 4.78 is 15.8. The number of hydrogen-bond donors (Lipinski definition) is 3. The normalized spacial score (nSPS) is 12.0. The summed E-state index contributed by atoms with van der Waals surface area (Å²) in [6, 6.07) is 13.0. The lowest BCUT2D eigenvalue weighted by Crippen LogP contribution is -2.47. The highest BCUT2D eigenvalue weighted by atomic mass is 32.1. The van der Waals surface area contributed by atoms with Crippen LogP contribution < -0.4 is 25.6 Å². The van der Waals surface area contributed by atoms with Gasteiger partial charge in [-0.15, -0.1) is 0 Å². The molecule has 138 valence electrons. The molecule has 8 nitrogen and oxygen atoms in total. The standard InChI is InChI=1S/C18H16N4O4S/c23-17(8-13-12-3-1-2-4-14(12)26-22-13)20-21-18(27)19-9-11-5-6-15-16(7-11)25-10-24-15/h1-7H,8-10H2,(H,20,23)(H2,19,21,27). The third kappa shape index (κ3) is 3.93. The molecule has 0 bridgehead atoms. The number of carbonyl (C=O) groups is 1. The SMILES string of the molecule is O=C(Cc1noc2ccccc12)NNC(=S)NCc1ccc2c(c1)OCO2. The molecule has 9 heteroatoms. The van der Waals surface area contributed by atoms with E-state index in [0.29, 0.717) is 28.7 Å². The van der Waals surface area contributed by atoms with E-state index in [-0.39, 0.29) is 19.1 Å². The lowest BCUT2D eigenvalue weighted by molar-refractivity contribution is -0.121. The van der Waals surface area contributed by atoms with E-state index in [1.54, 1.807) is 6.07 Å². The topological polar surface area (TPSA) is 97.7 Å². The van der Waals surface area contributed by atoms with Gasteiger partial charge in [-0.25, -0.2) is 0 Å². The molecule has 2 aromatic carbocycles. The van der Waals surface area contributed by atoms with Crippen LogP contribution in [0.15, 0.2) is 47.0 Å². The summed E-state index contributed by atoms with van der Waals surface area (Å²) in [6.45, 7) is 0.714. The van der Waals surface area contributed by atoms with Gasteiger partial charge in [-0.05, 0) is 42.0 Å². The second kappa shape index (κ2) is 7.50. The van der Waals surface area contributed by atoms with Crippen molar-refractivity contribution in [2.45, 2.75) is 13.0 Å². The monoisotopic (exact) mass is 384 g/mol. The molecule has 0 aliphatic carbocycles. The maximum absolute atomic E-state index is 12.1. The van der Waals surface area contributed by atoms with Crippen molar-refractivity contribution in [3.8, 4) is 11.5 Å². The second-order valence-corrected chi connectivity index (χ2v) is 6.25. The van der Waals surface area contributed by atoms with Crippen LogP contribution in [0.5, 0.6) is 11.5 Å². The average molecular weight is 384 g/mol. The van der Waals surface area contributed by atoms with Crippen LogP contribution in [0.1, 0.15) is 11.3 Å². The lowest BCUT2D eigenvalue weighted by atomic mass is 10.2. The number of ether oxygens (including phenoxy) is 2. The van der Waals surface area contributed by atoms with Crippen molar-refractivity contribution in [3.05, 3.63) is 53.7 Å². The molecule has 0 fully saturated rings. The van der Waals surface area contributed by atoms with Crippen molar-refractivity contribution < 1.29 is 18.8 Å². The number of rotatable bonds is 4. The maximum atomic E-state index is 12.1. The molecule has 4 rings (SSSR count). The fourth-order valence-electron chi connectivity index (χ4n) is 2.67. The molecule has 1 aliphatic rings. The predicted octanol–water partition coefficient (Wildman–Crippen LogP) is 1.79. The van der Waals surface area contributed by atoms with Gasteiger partial charge in [0.05, 0.1) is 6.42 Å². The second-order valence-electron chi connectivity index (χ2n) is 5.85. The van der Waals surface area contributed by atoms with Crippen LogP contribution in [0, 0.1) is 0 Å². The van der Waals surface area contributed by atoms with E-state index in [4.69, 9.17) is 26.2 Å². The van der Waals surface area contributed by atoms with Crippen molar-refractivity contribution in [2.24, 2.45) is 0 Å². The number of fused-ring (bicyclic) bond motifs is 2. The summed E-state index contributed by atoms with van der Waals surface area (Å²) in [5.74, 6) is 1.16. The third-order valence-electron chi connectivity index (χ3n) is 3.99.